The number of hydrogen-bond acceptors (Lipinski definition) is 3. The number of ether oxygens (including phenoxy) is 1. The molecule has 2 aromatic rings. The van der Waals surface area contributed by atoms with Crippen molar-refractivity contribution in [1.82, 2.24) is 0 Å². The minimum absolute atomic E-state index is 0.0602. The molecule has 0 unspecified atom stereocenters. The van der Waals surface area contributed by atoms with E-state index in [1.165, 1.54) is 24.3 Å². The molecule has 0 aliphatic carbocycles. The van der Waals surface area contributed by atoms with Gasteiger partial charge >= 0.3 is 0 Å². The first-order chi connectivity index (χ1) is 9.69. The Bertz CT molecular complexity index is 648. The van der Waals surface area contributed by atoms with Crippen LogP contribution in [0.15, 0.2) is 48.5 Å². The summed E-state index contributed by atoms with van der Waals surface area (Å²) < 4.78 is 17.9. The standard InChI is InChI=1S/C15H11FN2O2/c16-12-6-4-11(5-7-12)15(19)18-13-2-1-3-14(10-13)20-9-8-17/h1-7,10H,9H2,(H,18,19). The summed E-state index contributed by atoms with van der Waals surface area (Å²) in [5.74, 6) is -0.251. The average Bonchev–Trinajstić information content (AvgIpc) is 2.46. The predicted molar refractivity (Wildman–Crippen MR) is 71.9 cm³/mol. The van der Waals surface area contributed by atoms with Crippen LogP contribution >= 0.6 is 0 Å². The molecule has 0 saturated heterocycles. The van der Waals surface area contributed by atoms with Crippen LogP contribution in [0.2, 0.25) is 0 Å². The molecule has 0 radical (unpaired) electrons. The predicted octanol–water partition coefficient (Wildman–Crippen LogP) is 2.98. The third kappa shape index (κ3) is 3.56. The number of carbonyl (C=O) groups is 1. The van der Waals surface area contributed by atoms with Crippen LogP contribution in [0.3, 0.4) is 0 Å². The van der Waals surface area contributed by atoms with Gasteiger partial charge in [0.1, 0.15) is 17.6 Å². The molecule has 2 rings (SSSR count). The fourth-order valence-electron chi connectivity index (χ4n) is 1.58. The summed E-state index contributed by atoms with van der Waals surface area (Å²) in [7, 11) is 0. The molecule has 20 heavy (non-hydrogen) atoms. The highest BCUT2D eigenvalue weighted by molar-refractivity contribution is 6.04. The average molecular weight is 270 g/mol. The number of nitriles is 1. The van der Waals surface area contributed by atoms with Crippen molar-refractivity contribution in [2.24, 2.45) is 0 Å². The molecule has 0 atom stereocenters. The van der Waals surface area contributed by atoms with E-state index >= 15 is 0 Å². The van der Waals surface area contributed by atoms with Crippen LogP contribution < -0.4 is 10.1 Å². The second-order valence-electron chi connectivity index (χ2n) is 3.94. The van der Waals surface area contributed by atoms with Gasteiger partial charge in [-0.25, -0.2) is 4.39 Å². The van der Waals surface area contributed by atoms with Crippen LogP contribution in [-0.2, 0) is 0 Å². The molecule has 5 heteroatoms. The molecule has 0 spiro atoms. The Morgan fingerprint density at radius 2 is 2.00 bits per heavy atom. The van der Waals surface area contributed by atoms with Crippen molar-refractivity contribution in [2.45, 2.75) is 0 Å². The van der Waals surface area contributed by atoms with Crippen LogP contribution in [0.1, 0.15) is 10.4 Å². The van der Waals surface area contributed by atoms with Crippen LogP contribution in [0.4, 0.5) is 10.1 Å². The van der Waals surface area contributed by atoms with E-state index in [0.29, 0.717) is 17.0 Å². The summed E-state index contributed by atoms with van der Waals surface area (Å²) >= 11 is 0. The number of benzene rings is 2. The molecule has 100 valence electrons. The molecular weight excluding hydrogens is 259 g/mol. The van der Waals surface area contributed by atoms with Gasteiger partial charge in [-0.15, -0.1) is 0 Å². The quantitative estimate of drug-likeness (QED) is 0.929. The van der Waals surface area contributed by atoms with Gasteiger partial charge in [-0.1, -0.05) is 6.07 Å². The summed E-state index contributed by atoms with van der Waals surface area (Å²) in [6.07, 6.45) is 0. The smallest absolute Gasteiger partial charge is 0.255 e. The number of nitrogens with zero attached hydrogens (tertiary/aromatic N) is 1. The maximum absolute atomic E-state index is 12.8. The number of carbonyl (C=O) groups excluding carboxylic acids is 1. The van der Waals surface area contributed by atoms with Crippen molar-refractivity contribution in [3.05, 3.63) is 59.9 Å². The number of rotatable bonds is 4. The van der Waals surface area contributed by atoms with Gasteiger partial charge in [-0.3, -0.25) is 4.79 Å². The highest BCUT2D eigenvalue weighted by Crippen LogP contribution is 2.18. The molecule has 0 aromatic heterocycles. The minimum Gasteiger partial charge on any atom is -0.479 e. The van der Waals surface area contributed by atoms with Gasteiger partial charge < -0.3 is 10.1 Å². The van der Waals surface area contributed by atoms with E-state index in [1.807, 2.05) is 6.07 Å². The van der Waals surface area contributed by atoms with Gasteiger partial charge in [0.05, 0.1) is 0 Å². The monoisotopic (exact) mass is 270 g/mol. The molecule has 0 fully saturated rings. The summed E-state index contributed by atoms with van der Waals surface area (Å²) in [4.78, 5) is 11.9. The Labute approximate surface area is 115 Å². The third-order valence-electron chi connectivity index (χ3n) is 2.50. The van der Waals surface area contributed by atoms with Crippen molar-refractivity contribution in [1.29, 1.82) is 5.26 Å². The van der Waals surface area contributed by atoms with E-state index in [4.69, 9.17) is 10.00 Å². The lowest BCUT2D eigenvalue weighted by Gasteiger charge is -2.07. The zero-order chi connectivity index (χ0) is 14.4. The fourth-order valence-corrected chi connectivity index (χ4v) is 1.58. The Hall–Kier alpha value is -2.87. The maximum Gasteiger partial charge on any atom is 0.255 e. The minimum atomic E-state index is -0.395. The van der Waals surface area contributed by atoms with Crippen molar-refractivity contribution >= 4 is 11.6 Å². The number of halogens is 1. The Balaban J connectivity index is 2.07. The van der Waals surface area contributed by atoms with Crippen LogP contribution in [-0.4, -0.2) is 12.5 Å². The Morgan fingerprint density at radius 1 is 1.25 bits per heavy atom. The first kappa shape index (κ1) is 13.6. The zero-order valence-corrected chi connectivity index (χ0v) is 10.5. The second kappa shape index (κ2) is 6.34. The van der Waals surface area contributed by atoms with Crippen LogP contribution in [0, 0.1) is 17.1 Å². The first-order valence-electron chi connectivity index (χ1n) is 5.86. The fraction of sp³-hybridized carbons (Fsp3) is 0.0667. The van der Waals surface area contributed by atoms with E-state index in [-0.39, 0.29) is 12.5 Å². The molecule has 1 N–H and O–H groups in total. The number of amides is 1. The summed E-state index contributed by atoms with van der Waals surface area (Å²) in [5, 5.41) is 11.1. The molecular formula is C15H11FN2O2. The van der Waals surface area contributed by atoms with E-state index in [9.17, 15) is 9.18 Å². The van der Waals surface area contributed by atoms with Crippen LogP contribution in [0.5, 0.6) is 5.75 Å². The SMILES string of the molecule is N#CCOc1cccc(NC(=O)c2ccc(F)cc2)c1. The zero-order valence-electron chi connectivity index (χ0n) is 10.5. The van der Waals surface area contributed by atoms with E-state index in [1.54, 1.807) is 24.3 Å². The van der Waals surface area contributed by atoms with Gasteiger partial charge in [0.25, 0.3) is 5.91 Å². The molecule has 0 bridgehead atoms. The molecule has 1 amide bonds. The molecule has 0 heterocycles. The largest absolute Gasteiger partial charge is 0.479 e. The van der Waals surface area contributed by atoms with Gasteiger partial charge in [-0.05, 0) is 36.4 Å². The molecule has 2 aromatic carbocycles. The lowest BCUT2D eigenvalue weighted by atomic mass is 10.2. The van der Waals surface area contributed by atoms with Gasteiger partial charge in [0, 0.05) is 17.3 Å². The van der Waals surface area contributed by atoms with Gasteiger partial charge in [-0.2, -0.15) is 5.26 Å². The first-order valence-corrected chi connectivity index (χ1v) is 5.86. The van der Waals surface area contributed by atoms with Gasteiger partial charge in [0.15, 0.2) is 6.61 Å². The lowest BCUT2D eigenvalue weighted by Crippen LogP contribution is -2.11. The highest BCUT2D eigenvalue weighted by atomic mass is 19.1. The number of hydrogen-bond donors (Lipinski definition) is 1. The maximum atomic E-state index is 12.8. The Kier molecular flexibility index (Phi) is 4.30. The summed E-state index contributed by atoms with van der Waals surface area (Å²) in [5.41, 5.74) is 0.893. The normalized spacial score (nSPS) is 9.60. The summed E-state index contributed by atoms with van der Waals surface area (Å²) in [6, 6.07) is 13.8. The van der Waals surface area contributed by atoms with E-state index in [2.05, 4.69) is 5.32 Å². The molecule has 0 saturated carbocycles. The van der Waals surface area contributed by atoms with Crippen molar-refractivity contribution < 1.29 is 13.9 Å². The number of nitrogens with one attached hydrogen (secondary N) is 1. The molecule has 0 aliphatic heterocycles. The van der Waals surface area contributed by atoms with Crippen LogP contribution in [0.25, 0.3) is 0 Å². The Morgan fingerprint density at radius 3 is 2.70 bits per heavy atom. The second-order valence-corrected chi connectivity index (χ2v) is 3.94. The van der Waals surface area contributed by atoms with Crippen molar-refractivity contribution in [3.63, 3.8) is 0 Å². The van der Waals surface area contributed by atoms with E-state index in [0.717, 1.165) is 0 Å². The van der Waals surface area contributed by atoms with Crippen molar-refractivity contribution in [2.75, 3.05) is 11.9 Å². The molecule has 0 aliphatic rings. The summed E-state index contributed by atoms with van der Waals surface area (Å²) in [6.45, 7) is -0.0602. The van der Waals surface area contributed by atoms with Crippen molar-refractivity contribution in [3.8, 4) is 11.8 Å². The lowest BCUT2D eigenvalue weighted by molar-refractivity contribution is 0.102. The topological polar surface area (TPSA) is 62.1 Å². The molecule has 4 nitrogen and oxygen atoms in total. The number of anilines is 1. The highest BCUT2D eigenvalue weighted by Gasteiger charge is 2.06. The van der Waals surface area contributed by atoms with Gasteiger partial charge in [0.2, 0.25) is 0 Å². The van der Waals surface area contributed by atoms with E-state index < -0.39 is 5.82 Å². The third-order valence-corrected chi connectivity index (χ3v) is 2.50.